The van der Waals surface area contributed by atoms with Crippen molar-refractivity contribution in [1.82, 2.24) is 0 Å². The first kappa shape index (κ1) is 11.0. The SMILES string of the molecule is CC(=O)C(O)(c1ccccc1)c1ccsc1. The summed E-state index contributed by atoms with van der Waals surface area (Å²) in [5.74, 6) is -0.267. The highest BCUT2D eigenvalue weighted by Gasteiger charge is 2.36. The lowest BCUT2D eigenvalue weighted by atomic mass is 9.85. The first-order valence-corrected chi connectivity index (χ1v) is 5.91. The van der Waals surface area contributed by atoms with E-state index in [2.05, 4.69) is 0 Å². The fourth-order valence-electron chi connectivity index (χ4n) is 1.72. The highest BCUT2D eigenvalue weighted by Crippen LogP contribution is 2.31. The summed E-state index contributed by atoms with van der Waals surface area (Å²) in [6.07, 6.45) is 0. The summed E-state index contributed by atoms with van der Waals surface area (Å²) in [5.41, 5.74) is -0.265. The molecule has 2 rings (SSSR count). The Balaban J connectivity index is 2.58. The van der Waals surface area contributed by atoms with E-state index in [1.165, 1.54) is 18.3 Å². The molecule has 0 radical (unpaired) electrons. The first-order valence-electron chi connectivity index (χ1n) is 4.97. The van der Waals surface area contributed by atoms with E-state index in [0.717, 1.165) is 0 Å². The molecule has 1 unspecified atom stereocenters. The number of benzene rings is 1. The molecule has 0 aliphatic carbocycles. The number of thiophene rings is 1. The van der Waals surface area contributed by atoms with Gasteiger partial charge in [-0.3, -0.25) is 4.79 Å². The van der Waals surface area contributed by atoms with Crippen LogP contribution in [0.2, 0.25) is 0 Å². The minimum atomic E-state index is -1.51. The summed E-state index contributed by atoms with van der Waals surface area (Å²) in [5, 5.41) is 14.2. The maximum Gasteiger partial charge on any atom is 0.174 e. The molecule has 0 fully saturated rings. The second kappa shape index (κ2) is 4.20. The number of carbonyl (C=O) groups excluding carboxylic acids is 1. The molecule has 0 saturated heterocycles. The van der Waals surface area contributed by atoms with E-state index in [0.29, 0.717) is 11.1 Å². The third-order valence-corrected chi connectivity index (χ3v) is 3.32. The van der Waals surface area contributed by atoms with Crippen LogP contribution in [0.1, 0.15) is 18.1 Å². The van der Waals surface area contributed by atoms with E-state index in [1.807, 2.05) is 23.6 Å². The van der Waals surface area contributed by atoms with E-state index in [4.69, 9.17) is 0 Å². The van der Waals surface area contributed by atoms with Gasteiger partial charge >= 0.3 is 0 Å². The molecular formula is C13H12O2S. The van der Waals surface area contributed by atoms with Crippen LogP contribution in [0.5, 0.6) is 0 Å². The summed E-state index contributed by atoms with van der Waals surface area (Å²) < 4.78 is 0. The van der Waals surface area contributed by atoms with E-state index < -0.39 is 5.60 Å². The van der Waals surface area contributed by atoms with Crippen LogP contribution < -0.4 is 0 Å². The largest absolute Gasteiger partial charge is 0.373 e. The van der Waals surface area contributed by atoms with E-state index in [9.17, 15) is 9.90 Å². The maximum absolute atomic E-state index is 11.7. The molecular weight excluding hydrogens is 220 g/mol. The quantitative estimate of drug-likeness (QED) is 0.883. The number of aliphatic hydroxyl groups is 1. The second-order valence-corrected chi connectivity index (χ2v) is 4.42. The highest BCUT2D eigenvalue weighted by atomic mass is 32.1. The number of carbonyl (C=O) groups is 1. The molecule has 3 heteroatoms. The lowest BCUT2D eigenvalue weighted by Gasteiger charge is -2.24. The highest BCUT2D eigenvalue weighted by molar-refractivity contribution is 7.08. The van der Waals surface area contributed by atoms with Crippen molar-refractivity contribution < 1.29 is 9.90 Å². The van der Waals surface area contributed by atoms with Crippen molar-refractivity contribution in [3.8, 4) is 0 Å². The molecule has 0 aliphatic rings. The van der Waals surface area contributed by atoms with Crippen LogP contribution >= 0.6 is 11.3 Å². The van der Waals surface area contributed by atoms with Crippen molar-refractivity contribution in [2.75, 3.05) is 0 Å². The summed E-state index contributed by atoms with van der Waals surface area (Å²) >= 11 is 1.47. The van der Waals surface area contributed by atoms with Gasteiger partial charge in [-0.25, -0.2) is 0 Å². The van der Waals surface area contributed by atoms with Crippen LogP contribution in [-0.4, -0.2) is 10.9 Å². The summed E-state index contributed by atoms with van der Waals surface area (Å²) in [6.45, 7) is 1.41. The lowest BCUT2D eigenvalue weighted by Crippen LogP contribution is -2.34. The summed E-state index contributed by atoms with van der Waals surface area (Å²) in [4.78, 5) is 11.7. The Morgan fingerprint density at radius 1 is 1.19 bits per heavy atom. The van der Waals surface area contributed by atoms with Crippen LogP contribution in [-0.2, 0) is 10.4 Å². The van der Waals surface area contributed by atoms with Crippen LogP contribution in [0.3, 0.4) is 0 Å². The molecule has 0 spiro atoms. The number of hydrogen-bond acceptors (Lipinski definition) is 3. The fraction of sp³-hybridized carbons (Fsp3) is 0.154. The first-order chi connectivity index (χ1) is 7.65. The molecule has 1 atom stereocenters. The van der Waals surface area contributed by atoms with Gasteiger partial charge in [0.1, 0.15) is 0 Å². The molecule has 16 heavy (non-hydrogen) atoms. The van der Waals surface area contributed by atoms with Gasteiger partial charge in [-0.05, 0) is 29.3 Å². The van der Waals surface area contributed by atoms with Crippen molar-refractivity contribution in [2.24, 2.45) is 0 Å². The lowest BCUT2D eigenvalue weighted by molar-refractivity contribution is -0.131. The van der Waals surface area contributed by atoms with Gasteiger partial charge in [-0.1, -0.05) is 30.3 Å². The van der Waals surface area contributed by atoms with Gasteiger partial charge in [0.2, 0.25) is 0 Å². The fourth-order valence-corrected chi connectivity index (χ4v) is 2.42. The molecule has 2 aromatic rings. The number of ketones is 1. The van der Waals surface area contributed by atoms with E-state index in [-0.39, 0.29) is 5.78 Å². The Kier molecular flexibility index (Phi) is 2.90. The Hall–Kier alpha value is -1.45. The van der Waals surface area contributed by atoms with Crippen LogP contribution in [0.4, 0.5) is 0 Å². The monoisotopic (exact) mass is 232 g/mol. The normalized spacial score (nSPS) is 14.4. The minimum absolute atomic E-state index is 0.267. The Labute approximate surface area is 98.2 Å². The molecule has 82 valence electrons. The van der Waals surface area contributed by atoms with Crippen LogP contribution in [0.25, 0.3) is 0 Å². The number of hydrogen-bond donors (Lipinski definition) is 1. The Bertz CT molecular complexity index is 476. The average molecular weight is 232 g/mol. The topological polar surface area (TPSA) is 37.3 Å². The standard InChI is InChI=1S/C13H12O2S/c1-10(14)13(15,12-7-8-16-9-12)11-5-3-2-4-6-11/h2-9,15H,1H3. The van der Waals surface area contributed by atoms with Gasteiger partial charge in [0, 0.05) is 5.56 Å². The van der Waals surface area contributed by atoms with Crippen molar-refractivity contribution >= 4 is 17.1 Å². The number of Topliss-reactive ketones (excluding diaryl/α,β-unsaturated/α-hetero) is 1. The smallest absolute Gasteiger partial charge is 0.174 e. The molecule has 1 heterocycles. The zero-order valence-corrected chi connectivity index (χ0v) is 9.70. The van der Waals surface area contributed by atoms with Gasteiger partial charge in [0.05, 0.1) is 0 Å². The van der Waals surface area contributed by atoms with Crippen molar-refractivity contribution in [2.45, 2.75) is 12.5 Å². The maximum atomic E-state index is 11.7. The Morgan fingerprint density at radius 3 is 2.38 bits per heavy atom. The molecule has 0 saturated carbocycles. The molecule has 0 aliphatic heterocycles. The Morgan fingerprint density at radius 2 is 1.88 bits per heavy atom. The zero-order chi connectivity index (χ0) is 11.6. The van der Waals surface area contributed by atoms with Crippen LogP contribution in [0.15, 0.2) is 47.2 Å². The predicted molar refractivity (Wildman–Crippen MR) is 64.4 cm³/mol. The van der Waals surface area contributed by atoms with Gasteiger partial charge in [-0.2, -0.15) is 11.3 Å². The van der Waals surface area contributed by atoms with E-state index >= 15 is 0 Å². The van der Waals surface area contributed by atoms with Crippen LogP contribution in [0, 0.1) is 0 Å². The molecule has 1 aromatic carbocycles. The third-order valence-electron chi connectivity index (χ3n) is 2.64. The minimum Gasteiger partial charge on any atom is -0.373 e. The van der Waals surface area contributed by atoms with Crippen molar-refractivity contribution in [3.63, 3.8) is 0 Å². The summed E-state index contributed by atoms with van der Waals surface area (Å²) in [6, 6.07) is 10.8. The zero-order valence-electron chi connectivity index (χ0n) is 8.88. The van der Waals surface area contributed by atoms with Gasteiger partial charge in [-0.15, -0.1) is 0 Å². The summed E-state index contributed by atoms with van der Waals surface area (Å²) in [7, 11) is 0. The third kappa shape index (κ3) is 1.68. The van der Waals surface area contributed by atoms with Gasteiger partial charge in [0.25, 0.3) is 0 Å². The second-order valence-electron chi connectivity index (χ2n) is 3.64. The van der Waals surface area contributed by atoms with Gasteiger partial charge in [0.15, 0.2) is 11.4 Å². The van der Waals surface area contributed by atoms with Gasteiger partial charge < -0.3 is 5.11 Å². The molecule has 2 nitrogen and oxygen atoms in total. The van der Waals surface area contributed by atoms with Crippen molar-refractivity contribution in [3.05, 3.63) is 58.3 Å². The van der Waals surface area contributed by atoms with E-state index in [1.54, 1.807) is 23.6 Å². The molecule has 0 bridgehead atoms. The van der Waals surface area contributed by atoms with Crippen molar-refractivity contribution in [1.29, 1.82) is 0 Å². The molecule has 0 amide bonds. The average Bonchev–Trinajstić information content (AvgIpc) is 2.82. The number of rotatable bonds is 3. The predicted octanol–water partition coefficient (Wildman–Crippen LogP) is 2.57. The molecule has 1 aromatic heterocycles. The molecule has 1 N–H and O–H groups in total.